The average molecular weight is 288 g/mol. The molecule has 3 heteroatoms. The number of halogens is 3. The molecule has 2 atom stereocenters. The molecule has 0 rings (SSSR count). The van der Waals surface area contributed by atoms with Gasteiger partial charge in [0.25, 0.3) is 0 Å². The Balaban J connectivity index is 4.06. The van der Waals surface area contributed by atoms with E-state index in [0.717, 1.165) is 19.3 Å². The van der Waals surface area contributed by atoms with Gasteiger partial charge in [0.05, 0.1) is 0 Å². The van der Waals surface area contributed by atoms with Crippen LogP contribution in [0.4, 0.5) is 0 Å². The molecule has 0 heterocycles. The van der Waals surface area contributed by atoms with Gasteiger partial charge in [0.15, 0.2) is 0 Å². The molecule has 0 bridgehead atoms. The maximum absolute atomic E-state index is 6.42. The van der Waals surface area contributed by atoms with Crippen molar-refractivity contribution in [2.45, 2.75) is 75.4 Å². The first-order valence-corrected chi connectivity index (χ1v) is 7.70. The summed E-state index contributed by atoms with van der Waals surface area (Å²) < 4.78 is -0.661. The fourth-order valence-electron chi connectivity index (χ4n) is 2.05. The van der Waals surface area contributed by atoms with Gasteiger partial charge in [-0.25, -0.2) is 0 Å². The lowest BCUT2D eigenvalue weighted by molar-refractivity contribution is 0.394. The summed E-state index contributed by atoms with van der Waals surface area (Å²) >= 11 is 19.0. The molecule has 2 unspecified atom stereocenters. The summed E-state index contributed by atoms with van der Waals surface area (Å²) in [6.45, 7) is 6.34. The number of unbranched alkanes of at least 4 members (excludes halogenated alkanes) is 3. The topological polar surface area (TPSA) is 0 Å². The fourth-order valence-corrected chi connectivity index (χ4v) is 3.34. The van der Waals surface area contributed by atoms with Crippen molar-refractivity contribution in [2.75, 3.05) is 0 Å². The molecule has 0 aromatic heterocycles. The number of rotatable bonds is 9. The number of hydrogen-bond acceptors (Lipinski definition) is 0. The van der Waals surface area contributed by atoms with Crippen molar-refractivity contribution in [1.82, 2.24) is 0 Å². The van der Waals surface area contributed by atoms with Crippen molar-refractivity contribution in [3.63, 3.8) is 0 Å². The predicted octanol–water partition coefficient (Wildman–Crippen LogP) is 6.17. The zero-order valence-electron chi connectivity index (χ0n) is 10.7. The van der Waals surface area contributed by atoms with E-state index >= 15 is 0 Å². The second-order valence-corrected chi connectivity index (χ2v) is 6.60. The molecule has 0 saturated carbocycles. The van der Waals surface area contributed by atoms with Crippen LogP contribution in [0.2, 0.25) is 0 Å². The van der Waals surface area contributed by atoms with E-state index < -0.39 is 4.33 Å². The van der Waals surface area contributed by atoms with Gasteiger partial charge in [0.1, 0.15) is 4.33 Å². The Bertz CT molecular complexity index is 169. The van der Waals surface area contributed by atoms with Gasteiger partial charge in [-0.2, -0.15) is 0 Å². The van der Waals surface area contributed by atoms with Crippen molar-refractivity contribution < 1.29 is 0 Å². The van der Waals surface area contributed by atoms with Crippen LogP contribution in [-0.4, -0.2) is 9.71 Å². The van der Waals surface area contributed by atoms with E-state index in [1.165, 1.54) is 25.7 Å². The second kappa shape index (κ2) is 8.89. The molecule has 0 aliphatic heterocycles. The van der Waals surface area contributed by atoms with Crippen molar-refractivity contribution in [2.24, 2.45) is 5.92 Å². The Morgan fingerprint density at radius 2 is 1.62 bits per heavy atom. The highest BCUT2D eigenvalue weighted by Crippen LogP contribution is 2.41. The highest BCUT2D eigenvalue weighted by atomic mass is 35.5. The van der Waals surface area contributed by atoms with Crippen LogP contribution in [0.5, 0.6) is 0 Å². The van der Waals surface area contributed by atoms with E-state index in [2.05, 4.69) is 13.8 Å². The van der Waals surface area contributed by atoms with Gasteiger partial charge in [0, 0.05) is 11.3 Å². The maximum Gasteiger partial charge on any atom is 0.122 e. The molecule has 16 heavy (non-hydrogen) atoms. The minimum Gasteiger partial charge on any atom is -0.123 e. The zero-order chi connectivity index (χ0) is 12.6. The average Bonchev–Trinajstić information content (AvgIpc) is 2.25. The van der Waals surface area contributed by atoms with E-state index in [-0.39, 0.29) is 11.3 Å². The Morgan fingerprint density at radius 3 is 2.06 bits per heavy atom. The monoisotopic (exact) mass is 286 g/mol. The first-order chi connectivity index (χ1) is 7.49. The molecule has 0 spiro atoms. The molecular formula is C13H25Cl3. The van der Waals surface area contributed by atoms with Gasteiger partial charge in [0.2, 0.25) is 0 Å². The summed E-state index contributed by atoms with van der Waals surface area (Å²) in [5.41, 5.74) is 0. The van der Waals surface area contributed by atoms with Crippen LogP contribution in [0.25, 0.3) is 0 Å². The van der Waals surface area contributed by atoms with E-state index in [1.54, 1.807) is 0 Å². The Kier molecular flexibility index (Phi) is 9.37. The van der Waals surface area contributed by atoms with Gasteiger partial charge in [-0.15, -0.1) is 34.8 Å². The molecule has 0 aliphatic rings. The molecule has 0 aromatic carbocycles. The molecule has 0 saturated heterocycles. The molecule has 98 valence electrons. The SMILES string of the molecule is CCCCCCC(Cl)C(CC)C(Cl)(Cl)CC. The molecule has 0 nitrogen and oxygen atoms in total. The van der Waals surface area contributed by atoms with E-state index in [0.29, 0.717) is 0 Å². The third-order valence-corrected chi connectivity index (χ3v) is 4.84. The van der Waals surface area contributed by atoms with Crippen LogP contribution in [0.3, 0.4) is 0 Å². The molecule has 0 aromatic rings. The van der Waals surface area contributed by atoms with E-state index in [1.807, 2.05) is 6.92 Å². The fraction of sp³-hybridized carbons (Fsp3) is 1.00. The van der Waals surface area contributed by atoms with E-state index in [4.69, 9.17) is 34.8 Å². The Morgan fingerprint density at radius 1 is 1.00 bits per heavy atom. The summed E-state index contributed by atoms with van der Waals surface area (Å²) in [6, 6.07) is 0. The Labute approximate surface area is 116 Å². The van der Waals surface area contributed by atoms with Crippen molar-refractivity contribution in [3.8, 4) is 0 Å². The summed E-state index contributed by atoms with van der Waals surface area (Å²) in [7, 11) is 0. The molecular weight excluding hydrogens is 263 g/mol. The quantitative estimate of drug-likeness (QED) is 0.351. The third-order valence-electron chi connectivity index (χ3n) is 3.22. The smallest absolute Gasteiger partial charge is 0.122 e. The highest BCUT2D eigenvalue weighted by molar-refractivity contribution is 6.49. The number of alkyl halides is 3. The van der Waals surface area contributed by atoms with E-state index in [9.17, 15) is 0 Å². The summed E-state index contributed by atoms with van der Waals surface area (Å²) in [5.74, 6) is 0.198. The predicted molar refractivity (Wildman–Crippen MR) is 76.9 cm³/mol. The highest BCUT2D eigenvalue weighted by Gasteiger charge is 2.36. The van der Waals surface area contributed by atoms with Crippen molar-refractivity contribution in [3.05, 3.63) is 0 Å². The number of hydrogen-bond donors (Lipinski definition) is 0. The lowest BCUT2D eigenvalue weighted by Crippen LogP contribution is -2.32. The largest absolute Gasteiger partial charge is 0.123 e. The van der Waals surface area contributed by atoms with Gasteiger partial charge >= 0.3 is 0 Å². The second-order valence-electron chi connectivity index (χ2n) is 4.49. The van der Waals surface area contributed by atoms with Crippen LogP contribution in [-0.2, 0) is 0 Å². The molecule has 0 fully saturated rings. The van der Waals surface area contributed by atoms with Gasteiger partial charge in [-0.3, -0.25) is 0 Å². The summed E-state index contributed by atoms with van der Waals surface area (Å²) in [6.07, 6.45) is 7.73. The van der Waals surface area contributed by atoms with Gasteiger partial charge < -0.3 is 0 Å². The molecule has 0 N–H and O–H groups in total. The first-order valence-electron chi connectivity index (χ1n) is 6.51. The van der Waals surface area contributed by atoms with Crippen molar-refractivity contribution in [1.29, 1.82) is 0 Å². The van der Waals surface area contributed by atoms with Crippen molar-refractivity contribution >= 4 is 34.8 Å². The molecule has 0 aliphatic carbocycles. The lowest BCUT2D eigenvalue weighted by atomic mass is 9.92. The Hall–Kier alpha value is 0.870. The normalized spacial score (nSPS) is 16.1. The maximum atomic E-state index is 6.42. The zero-order valence-corrected chi connectivity index (χ0v) is 13.0. The minimum atomic E-state index is -0.661. The van der Waals surface area contributed by atoms with Gasteiger partial charge in [-0.1, -0.05) is 46.5 Å². The first kappa shape index (κ1) is 16.9. The third kappa shape index (κ3) is 5.98. The minimum absolute atomic E-state index is 0.108. The lowest BCUT2D eigenvalue weighted by Gasteiger charge is -2.31. The molecule has 0 radical (unpaired) electrons. The molecule has 0 amide bonds. The van der Waals surface area contributed by atoms with Crippen LogP contribution in [0.1, 0.15) is 65.7 Å². The van der Waals surface area contributed by atoms with Crippen LogP contribution in [0.15, 0.2) is 0 Å². The van der Waals surface area contributed by atoms with Crippen LogP contribution < -0.4 is 0 Å². The van der Waals surface area contributed by atoms with Crippen LogP contribution in [0, 0.1) is 5.92 Å². The van der Waals surface area contributed by atoms with Gasteiger partial charge in [-0.05, 0) is 19.3 Å². The summed E-state index contributed by atoms with van der Waals surface area (Å²) in [5, 5.41) is 0.108. The summed E-state index contributed by atoms with van der Waals surface area (Å²) in [4.78, 5) is 0. The van der Waals surface area contributed by atoms with Crippen LogP contribution >= 0.6 is 34.8 Å². The standard InChI is InChI=1S/C13H25Cl3/c1-4-7-8-9-10-12(14)11(5-2)13(15,16)6-3/h11-12H,4-10H2,1-3H3.